The van der Waals surface area contributed by atoms with E-state index in [-0.39, 0.29) is 11.7 Å². The fraction of sp³-hybridized carbons (Fsp3) is 0.160. The molecule has 0 spiro atoms. The number of aromatic nitrogens is 1. The summed E-state index contributed by atoms with van der Waals surface area (Å²) in [4.78, 5) is 28.1. The van der Waals surface area contributed by atoms with Crippen LogP contribution in [0.3, 0.4) is 0 Å². The lowest BCUT2D eigenvalue weighted by molar-refractivity contribution is 0.0788. The Morgan fingerprint density at radius 3 is 2.45 bits per heavy atom. The second kappa shape index (κ2) is 9.53. The number of carbonyl (C=O) groups is 2. The van der Waals surface area contributed by atoms with Crippen molar-refractivity contribution in [1.82, 2.24) is 10.1 Å². The van der Waals surface area contributed by atoms with Crippen LogP contribution in [0, 0.1) is 0 Å². The van der Waals surface area contributed by atoms with Gasteiger partial charge in [0.1, 0.15) is 11.5 Å². The maximum absolute atomic E-state index is 13.0. The van der Waals surface area contributed by atoms with E-state index in [0.717, 1.165) is 23.4 Å². The Morgan fingerprint density at radius 1 is 0.968 bits per heavy atom. The van der Waals surface area contributed by atoms with Gasteiger partial charge in [-0.1, -0.05) is 59.8 Å². The lowest BCUT2D eigenvalue weighted by Gasteiger charge is -2.18. The van der Waals surface area contributed by atoms with Crippen molar-refractivity contribution in [2.75, 3.05) is 13.6 Å². The predicted octanol–water partition coefficient (Wildman–Crippen LogP) is 5.34. The number of carbonyl (C=O) groups excluding carboxylic acids is 2. The molecule has 2 aromatic carbocycles. The first-order valence-corrected chi connectivity index (χ1v) is 10.9. The minimum absolute atomic E-state index is 0.123. The molecule has 0 saturated heterocycles. The smallest absolute Gasteiger partial charge is 0.254 e. The van der Waals surface area contributed by atoms with E-state index in [1.54, 1.807) is 42.3 Å². The molecule has 0 unspecified atom stereocenters. The monoisotopic (exact) mass is 430 g/mol. The van der Waals surface area contributed by atoms with E-state index in [2.05, 4.69) is 5.16 Å². The molecule has 0 fully saturated rings. The molecule has 0 aliphatic heterocycles. The number of hydrogen-bond donors (Lipinski definition) is 0. The van der Waals surface area contributed by atoms with Crippen LogP contribution in [0.25, 0.3) is 11.3 Å². The quantitative estimate of drug-likeness (QED) is 0.354. The van der Waals surface area contributed by atoms with Gasteiger partial charge in [0.2, 0.25) is 5.78 Å². The molecule has 5 nitrogen and oxygen atoms in total. The largest absolute Gasteiger partial charge is 0.361 e. The summed E-state index contributed by atoms with van der Waals surface area (Å²) in [6, 6.07) is 22.4. The molecule has 0 radical (unpaired) electrons. The van der Waals surface area contributed by atoms with Crippen molar-refractivity contribution >= 4 is 23.0 Å². The van der Waals surface area contributed by atoms with Crippen LogP contribution >= 0.6 is 11.3 Å². The Hall–Kier alpha value is -3.51. The number of thiophene rings is 1. The van der Waals surface area contributed by atoms with Crippen LogP contribution in [0.4, 0.5) is 0 Å². The Bertz CT molecular complexity index is 1170. The number of amides is 1. The molecule has 2 heterocycles. The third-order valence-electron chi connectivity index (χ3n) is 5.04. The molecule has 6 heteroatoms. The van der Waals surface area contributed by atoms with Crippen LogP contribution in [0.5, 0.6) is 0 Å². The van der Waals surface area contributed by atoms with Crippen LogP contribution in [0.1, 0.15) is 37.8 Å². The maximum atomic E-state index is 13.0. The highest BCUT2D eigenvalue weighted by Gasteiger charge is 2.21. The third-order valence-corrected chi connectivity index (χ3v) is 5.91. The van der Waals surface area contributed by atoms with Gasteiger partial charge in [-0.05, 0) is 23.9 Å². The van der Waals surface area contributed by atoms with E-state index >= 15 is 0 Å². The van der Waals surface area contributed by atoms with E-state index in [1.165, 1.54) is 11.3 Å². The highest BCUT2D eigenvalue weighted by molar-refractivity contribution is 7.12. The third kappa shape index (κ3) is 4.81. The average molecular weight is 431 g/mol. The number of aryl methyl sites for hydroxylation is 1. The highest BCUT2D eigenvalue weighted by atomic mass is 32.1. The lowest BCUT2D eigenvalue weighted by Crippen LogP contribution is -2.29. The van der Waals surface area contributed by atoms with E-state index in [4.69, 9.17) is 4.52 Å². The van der Waals surface area contributed by atoms with Gasteiger partial charge in [-0.3, -0.25) is 9.59 Å². The van der Waals surface area contributed by atoms with Gasteiger partial charge in [-0.15, -0.1) is 11.3 Å². The Kier molecular flexibility index (Phi) is 6.38. The zero-order valence-electron chi connectivity index (χ0n) is 17.2. The number of benzene rings is 2. The normalized spacial score (nSPS) is 10.7. The number of rotatable bonds is 8. The van der Waals surface area contributed by atoms with Crippen molar-refractivity contribution in [3.8, 4) is 11.3 Å². The van der Waals surface area contributed by atoms with Gasteiger partial charge in [-0.25, -0.2) is 0 Å². The zero-order chi connectivity index (χ0) is 21.6. The van der Waals surface area contributed by atoms with Crippen molar-refractivity contribution in [2.45, 2.75) is 12.8 Å². The molecule has 31 heavy (non-hydrogen) atoms. The topological polar surface area (TPSA) is 63.4 Å². The minimum Gasteiger partial charge on any atom is -0.361 e. The van der Waals surface area contributed by atoms with Gasteiger partial charge in [0.15, 0.2) is 0 Å². The highest BCUT2D eigenvalue weighted by Crippen LogP contribution is 2.21. The summed E-state index contributed by atoms with van der Waals surface area (Å²) in [5, 5.41) is 5.99. The predicted molar refractivity (Wildman–Crippen MR) is 121 cm³/mol. The van der Waals surface area contributed by atoms with Crippen LogP contribution in [-0.2, 0) is 6.42 Å². The van der Waals surface area contributed by atoms with Crippen LogP contribution < -0.4 is 0 Å². The Labute approximate surface area is 184 Å². The fourth-order valence-electron chi connectivity index (χ4n) is 3.38. The summed E-state index contributed by atoms with van der Waals surface area (Å²) in [5.41, 5.74) is 2.68. The van der Waals surface area contributed by atoms with Crippen molar-refractivity contribution in [2.24, 2.45) is 0 Å². The molecule has 156 valence electrons. The van der Waals surface area contributed by atoms with Crippen LogP contribution in [-0.4, -0.2) is 35.3 Å². The minimum atomic E-state index is -0.164. The number of hydrogen-bond acceptors (Lipinski definition) is 5. The number of nitrogens with zero attached hydrogens (tertiary/aromatic N) is 2. The molecule has 1 amide bonds. The Balaban J connectivity index is 1.38. The summed E-state index contributed by atoms with van der Waals surface area (Å²) in [7, 11) is 1.75. The molecule has 0 aliphatic carbocycles. The first-order chi connectivity index (χ1) is 15.1. The molecule has 0 bridgehead atoms. The molecule has 4 rings (SSSR count). The van der Waals surface area contributed by atoms with E-state index in [1.807, 2.05) is 47.8 Å². The summed E-state index contributed by atoms with van der Waals surface area (Å²) < 4.78 is 5.44. The van der Waals surface area contributed by atoms with Crippen LogP contribution in [0.15, 0.2) is 82.7 Å². The average Bonchev–Trinajstić information content (AvgIpc) is 3.51. The second-order valence-corrected chi connectivity index (χ2v) is 8.17. The van der Waals surface area contributed by atoms with E-state index in [0.29, 0.717) is 29.0 Å². The van der Waals surface area contributed by atoms with E-state index < -0.39 is 0 Å². The Morgan fingerprint density at radius 2 is 1.71 bits per heavy atom. The molecule has 0 aliphatic rings. The van der Waals surface area contributed by atoms with Gasteiger partial charge in [0.05, 0.1) is 10.4 Å². The first-order valence-electron chi connectivity index (χ1n) is 10.1. The van der Waals surface area contributed by atoms with Gasteiger partial charge in [0.25, 0.3) is 5.91 Å². The lowest BCUT2D eigenvalue weighted by atomic mass is 10.0. The summed E-state index contributed by atoms with van der Waals surface area (Å²) in [5.74, 6) is 0.499. The zero-order valence-corrected chi connectivity index (χ0v) is 18.0. The van der Waals surface area contributed by atoms with Gasteiger partial charge >= 0.3 is 0 Å². The first kappa shape index (κ1) is 20.8. The molecule has 4 aromatic rings. The number of ketones is 1. The maximum Gasteiger partial charge on any atom is 0.254 e. The standard InChI is InChI=1S/C25H22N2O3S/c1-27(15-7-11-19-17-22(26-30-19)18-9-3-2-4-10-18)25(29)21-13-6-5-12-20(21)24(28)23-14-8-16-31-23/h2-6,8-10,12-14,16-17H,7,11,15H2,1H3. The van der Waals surface area contributed by atoms with Crippen molar-refractivity contribution in [3.63, 3.8) is 0 Å². The summed E-state index contributed by atoms with van der Waals surface area (Å²) in [6.07, 6.45) is 1.40. The second-order valence-electron chi connectivity index (χ2n) is 7.23. The molecular weight excluding hydrogens is 408 g/mol. The van der Waals surface area contributed by atoms with E-state index in [9.17, 15) is 9.59 Å². The van der Waals surface area contributed by atoms with Gasteiger partial charge in [-0.2, -0.15) is 0 Å². The molecule has 0 saturated carbocycles. The van der Waals surface area contributed by atoms with Gasteiger partial charge in [0, 0.05) is 37.2 Å². The fourth-order valence-corrected chi connectivity index (χ4v) is 4.06. The van der Waals surface area contributed by atoms with Crippen molar-refractivity contribution < 1.29 is 14.1 Å². The van der Waals surface area contributed by atoms with Crippen molar-refractivity contribution in [1.29, 1.82) is 0 Å². The molecule has 0 atom stereocenters. The van der Waals surface area contributed by atoms with Crippen LogP contribution in [0.2, 0.25) is 0 Å². The summed E-state index contributed by atoms with van der Waals surface area (Å²) in [6.45, 7) is 0.543. The van der Waals surface area contributed by atoms with Gasteiger partial charge < -0.3 is 9.42 Å². The molecule has 2 aromatic heterocycles. The van der Waals surface area contributed by atoms with Crippen molar-refractivity contribution in [3.05, 3.63) is 99.9 Å². The summed E-state index contributed by atoms with van der Waals surface area (Å²) >= 11 is 1.38. The SMILES string of the molecule is CN(CCCc1cc(-c2ccccc2)no1)C(=O)c1ccccc1C(=O)c1cccs1. The molecular formula is C25H22N2O3S. The molecule has 0 N–H and O–H groups in total.